The van der Waals surface area contributed by atoms with Crippen LogP contribution in [0.1, 0.15) is 36.6 Å². The Morgan fingerprint density at radius 1 is 1.24 bits per heavy atom. The molecule has 0 saturated heterocycles. The lowest BCUT2D eigenvalue weighted by Gasteiger charge is -2.15. The second kappa shape index (κ2) is 4.26. The molecule has 2 rings (SSSR count). The normalized spacial score (nSPS) is 11.5. The fourth-order valence-corrected chi connectivity index (χ4v) is 2.75. The van der Waals surface area contributed by atoms with Crippen molar-refractivity contribution in [3.05, 3.63) is 39.8 Å². The van der Waals surface area contributed by atoms with Crippen LogP contribution in [0.4, 0.5) is 4.39 Å². The predicted molar refractivity (Wildman–Crippen MR) is 70.3 cm³/mol. The van der Waals surface area contributed by atoms with E-state index in [4.69, 9.17) is 11.6 Å². The lowest BCUT2D eigenvalue weighted by Crippen LogP contribution is -1.99. The first-order valence-corrected chi connectivity index (χ1v) is 6.05. The largest absolute Gasteiger partial charge is 0.252 e. The zero-order valence-electron chi connectivity index (χ0n) is 10.4. The van der Waals surface area contributed by atoms with Gasteiger partial charge in [0.15, 0.2) is 0 Å². The Kier molecular flexibility index (Phi) is 3.09. The minimum Gasteiger partial charge on any atom is -0.252 e. The molecule has 1 aromatic heterocycles. The number of halogens is 2. The molecule has 0 saturated carbocycles. The molecule has 2 aromatic rings. The van der Waals surface area contributed by atoms with Crippen molar-refractivity contribution in [1.29, 1.82) is 0 Å². The van der Waals surface area contributed by atoms with Crippen molar-refractivity contribution in [2.45, 2.75) is 33.6 Å². The smallest absolute Gasteiger partial charge is 0.124 e. The average Bonchev–Trinajstić information content (AvgIpc) is 2.19. The standard InChI is InChI=1S/C14H15ClFN/c1-7(2)12-9(4)17-14-8(3)5-10(16)6-11(14)13(12)15/h5-7H,1-4H3. The molecule has 90 valence electrons. The van der Waals surface area contributed by atoms with Gasteiger partial charge in [0, 0.05) is 11.1 Å². The van der Waals surface area contributed by atoms with Crippen molar-refractivity contribution < 1.29 is 4.39 Å². The summed E-state index contributed by atoms with van der Waals surface area (Å²) >= 11 is 6.38. The first-order chi connectivity index (χ1) is 7.91. The summed E-state index contributed by atoms with van der Waals surface area (Å²) < 4.78 is 13.4. The Morgan fingerprint density at radius 3 is 2.47 bits per heavy atom. The van der Waals surface area contributed by atoms with Crippen molar-refractivity contribution >= 4 is 22.5 Å². The predicted octanol–water partition coefficient (Wildman–Crippen LogP) is 4.77. The fraction of sp³-hybridized carbons (Fsp3) is 0.357. The Labute approximate surface area is 106 Å². The molecule has 1 nitrogen and oxygen atoms in total. The summed E-state index contributed by atoms with van der Waals surface area (Å²) in [7, 11) is 0. The van der Waals surface area contributed by atoms with Crippen molar-refractivity contribution in [3.8, 4) is 0 Å². The Bertz CT molecular complexity index is 591. The lowest BCUT2D eigenvalue weighted by atomic mass is 9.98. The van der Waals surface area contributed by atoms with E-state index in [2.05, 4.69) is 18.8 Å². The van der Waals surface area contributed by atoms with Gasteiger partial charge in [-0.1, -0.05) is 25.4 Å². The SMILES string of the molecule is Cc1nc2c(C)cc(F)cc2c(Cl)c1C(C)C. The maximum atomic E-state index is 13.4. The maximum absolute atomic E-state index is 13.4. The van der Waals surface area contributed by atoms with E-state index in [0.29, 0.717) is 10.4 Å². The van der Waals surface area contributed by atoms with E-state index in [0.717, 1.165) is 22.3 Å². The van der Waals surface area contributed by atoms with Crippen LogP contribution in [0.5, 0.6) is 0 Å². The molecule has 0 aliphatic carbocycles. The minimum absolute atomic E-state index is 0.266. The highest BCUT2D eigenvalue weighted by atomic mass is 35.5. The van der Waals surface area contributed by atoms with Crippen LogP contribution < -0.4 is 0 Å². The zero-order valence-corrected chi connectivity index (χ0v) is 11.2. The van der Waals surface area contributed by atoms with E-state index in [9.17, 15) is 4.39 Å². The summed E-state index contributed by atoms with van der Waals surface area (Å²) in [6.45, 7) is 7.93. The number of fused-ring (bicyclic) bond motifs is 1. The van der Waals surface area contributed by atoms with E-state index >= 15 is 0 Å². The molecule has 0 aliphatic heterocycles. The molecular weight excluding hydrogens is 237 g/mol. The van der Waals surface area contributed by atoms with Gasteiger partial charge >= 0.3 is 0 Å². The molecule has 0 spiro atoms. The molecule has 1 heterocycles. The Balaban J connectivity index is 2.92. The quantitative estimate of drug-likeness (QED) is 0.712. The van der Waals surface area contributed by atoms with Crippen LogP contribution in [0, 0.1) is 19.7 Å². The number of aromatic nitrogens is 1. The van der Waals surface area contributed by atoms with Crippen LogP contribution in [0.15, 0.2) is 12.1 Å². The third-order valence-electron chi connectivity index (χ3n) is 2.98. The molecule has 0 unspecified atom stereocenters. The van der Waals surface area contributed by atoms with Crippen LogP contribution in [0.25, 0.3) is 10.9 Å². The number of rotatable bonds is 1. The van der Waals surface area contributed by atoms with Crippen LogP contribution in [-0.2, 0) is 0 Å². The summed E-state index contributed by atoms with van der Waals surface area (Å²) in [6.07, 6.45) is 0. The van der Waals surface area contributed by atoms with Gasteiger partial charge in [-0.05, 0) is 43.0 Å². The number of hydrogen-bond acceptors (Lipinski definition) is 1. The molecule has 17 heavy (non-hydrogen) atoms. The van der Waals surface area contributed by atoms with Gasteiger partial charge in [0.1, 0.15) is 5.82 Å². The van der Waals surface area contributed by atoms with Crippen LogP contribution in [0.3, 0.4) is 0 Å². The summed E-state index contributed by atoms with van der Waals surface area (Å²) in [5.41, 5.74) is 3.54. The van der Waals surface area contributed by atoms with Crippen LogP contribution >= 0.6 is 11.6 Å². The Hall–Kier alpha value is -1.15. The molecule has 3 heteroatoms. The first kappa shape index (κ1) is 12.3. The number of nitrogens with zero attached hydrogens (tertiary/aromatic N) is 1. The van der Waals surface area contributed by atoms with Crippen molar-refractivity contribution in [1.82, 2.24) is 4.98 Å². The van der Waals surface area contributed by atoms with Gasteiger partial charge in [-0.25, -0.2) is 4.39 Å². The number of hydrogen-bond donors (Lipinski definition) is 0. The second-order valence-corrected chi connectivity index (χ2v) is 5.08. The van der Waals surface area contributed by atoms with Gasteiger partial charge in [-0.2, -0.15) is 0 Å². The maximum Gasteiger partial charge on any atom is 0.124 e. The number of benzene rings is 1. The van der Waals surface area contributed by atoms with E-state index in [1.54, 1.807) is 0 Å². The zero-order chi connectivity index (χ0) is 12.7. The summed E-state index contributed by atoms with van der Waals surface area (Å²) in [4.78, 5) is 4.55. The second-order valence-electron chi connectivity index (χ2n) is 4.70. The molecule has 0 radical (unpaired) electrons. The molecule has 1 aromatic carbocycles. The summed E-state index contributed by atoms with van der Waals surface area (Å²) in [5.74, 6) is 0.0141. The first-order valence-electron chi connectivity index (χ1n) is 5.67. The lowest BCUT2D eigenvalue weighted by molar-refractivity contribution is 0.628. The number of aryl methyl sites for hydroxylation is 2. The summed E-state index contributed by atoms with van der Waals surface area (Å²) in [6, 6.07) is 2.95. The van der Waals surface area contributed by atoms with E-state index in [-0.39, 0.29) is 11.7 Å². The molecular formula is C14H15ClFN. The van der Waals surface area contributed by atoms with Crippen LogP contribution in [0.2, 0.25) is 5.02 Å². The number of pyridine rings is 1. The van der Waals surface area contributed by atoms with Crippen molar-refractivity contribution in [2.75, 3.05) is 0 Å². The van der Waals surface area contributed by atoms with E-state index in [1.807, 2.05) is 13.8 Å². The van der Waals surface area contributed by atoms with Gasteiger partial charge in [0.25, 0.3) is 0 Å². The van der Waals surface area contributed by atoms with E-state index < -0.39 is 0 Å². The third-order valence-corrected chi connectivity index (χ3v) is 3.39. The topological polar surface area (TPSA) is 12.9 Å². The molecule has 0 N–H and O–H groups in total. The van der Waals surface area contributed by atoms with Crippen molar-refractivity contribution in [3.63, 3.8) is 0 Å². The van der Waals surface area contributed by atoms with Crippen LogP contribution in [-0.4, -0.2) is 4.98 Å². The van der Waals surface area contributed by atoms with Gasteiger partial charge in [-0.3, -0.25) is 4.98 Å². The van der Waals surface area contributed by atoms with E-state index in [1.165, 1.54) is 12.1 Å². The summed E-state index contributed by atoms with van der Waals surface area (Å²) in [5, 5.41) is 1.34. The highest BCUT2D eigenvalue weighted by molar-refractivity contribution is 6.36. The van der Waals surface area contributed by atoms with Gasteiger partial charge in [-0.15, -0.1) is 0 Å². The van der Waals surface area contributed by atoms with Gasteiger partial charge in [0.05, 0.1) is 10.5 Å². The van der Waals surface area contributed by atoms with Gasteiger partial charge in [0.2, 0.25) is 0 Å². The monoisotopic (exact) mass is 251 g/mol. The fourth-order valence-electron chi connectivity index (χ4n) is 2.25. The van der Waals surface area contributed by atoms with Gasteiger partial charge < -0.3 is 0 Å². The highest BCUT2D eigenvalue weighted by Crippen LogP contribution is 2.34. The molecule has 0 amide bonds. The molecule has 0 bridgehead atoms. The molecule has 0 aliphatic rings. The molecule has 0 fully saturated rings. The third kappa shape index (κ3) is 2.02. The molecule has 0 atom stereocenters. The average molecular weight is 252 g/mol. The minimum atomic E-state index is -0.266. The highest BCUT2D eigenvalue weighted by Gasteiger charge is 2.15. The van der Waals surface area contributed by atoms with Crippen molar-refractivity contribution in [2.24, 2.45) is 0 Å². The Morgan fingerprint density at radius 2 is 1.88 bits per heavy atom.